The summed E-state index contributed by atoms with van der Waals surface area (Å²) < 4.78 is 5.66. The van der Waals surface area contributed by atoms with Gasteiger partial charge in [-0.25, -0.2) is 0 Å². The van der Waals surface area contributed by atoms with Gasteiger partial charge in [-0.15, -0.1) is 0 Å². The smallest absolute Gasteiger partial charge is 0.248 e. The minimum Gasteiger partial charge on any atom is -0.405 e. The van der Waals surface area contributed by atoms with E-state index in [1.165, 1.54) is 0 Å². The van der Waals surface area contributed by atoms with Crippen LogP contribution in [0.3, 0.4) is 0 Å². The number of hydrogen-bond acceptors (Lipinski definition) is 1. The van der Waals surface area contributed by atoms with E-state index in [1.54, 1.807) is 0 Å². The normalized spacial score (nSPS) is 11.4. The highest BCUT2D eigenvalue weighted by molar-refractivity contribution is 5.98. The molecule has 85 valence electrons. The number of rotatable bonds is 4. The second-order valence-electron chi connectivity index (χ2n) is 4.01. The lowest BCUT2D eigenvalue weighted by molar-refractivity contribution is 0.120. The van der Waals surface area contributed by atoms with E-state index < -0.39 is 5.60 Å². The van der Waals surface area contributed by atoms with Crippen molar-refractivity contribution in [2.24, 2.45) is 0 Å². The van der Waals surface area contributed by atoms with Gasteiger partial charge in [-0.05, 0) is 17.5 Å². The first-order valence-corrected chi connectivity index (χ1v) is 6.20. The maximum absolute atomic E-state index is 5.66. The van der Waals surface area contributed by atoms with Gasteiger partial charge in [0.1, 0.15) is 5.60 Å². The highest BCUT2D eigenvalue weighted by atomic mass is 28.2. The molecular weight excluding hydrogens is 224 g/mol. The lowest BCUT2D eigenvalue weighted by atomic mass is 9.84. The van der Waals surface area contributed by atoms with Crippen molar-refractivity contribution in [2.45, 2.75) is 18.9 Å². The van der Waals surface area contributed by atoms with Crippen LogP contribution in [0.2, 0.25) is 0 Å². The quantitative estimate of drug-likeness (QED) is 0.743. The van der Waals surface area contributed by atoms with Crippen LogP contribution < -0.4 is 0 Å². The highest BCUT2D eigenvalue weighted by Crippen LogP contribution is 2.35. The third-order valence-corrected chi connectivity index (χ3v) is 3.50. The fourth-order valence-corrected chi connectivity index (χ4v) is 2.56. The topological polar surface area (TPSA) is 9.23 Å². The van der Waals surface area contributed by atoms with Gasteiger partial charge in [0.2, 0.25) is 10.5 Å². The van der Waals surface area contributed by atoms with Crippen LogP contribution in [0.4, 0.5) is 0 Å². The molecule has 2 heteroatoms. The maximum atomic E-state index is 5.66. The summed E-state index contributed by atoms with van der Waals surface area (Å²) in [5, 5.41) is 0. The van der Waals surface area contributed by atoms with Gasteiger partial charge < -0.3 is 4.43 Å². The van der Waals surface area contributed by atoms with Gasteiger partial charge >= 0.3 is 0 Å². The predicted molar refractivity (Wildman–Crippen MR) is 70.8 cm³/mol. The van der Waals surface area contributed by atoms with Crippen LogP contribution in [0.25, 0.3) is 0 Å². The zero-order chi connectivity index (χ0) is 12.1. The van der Waals surface area contributed by atoms with Crippen molar-refractivity contribution < 1.29 is 4.43 Å². The minimum absolute atomic E-state index is 0.417. The second-order valence-corrected chi connectivity index (χ2v) is 4.22. The summed E-state index contributed by atoms with van der Waals surface area (Å²) in [6.07, 6.45) is 0.866. The molecule has 0 fully saturated rings. The molecule has 0 aliphatic rings. The Morgan fingerprint density at radius 3 is 1.59 bits per heavy atom. The third-order valence-electron chi connectivity index (χ3n) is 3.15. The molecule has 0 spiro atoms. The van der Waals surface area contributed by atoms with Gasteiger partial charge in [-0.2, -0.15) is 0 Å². The van der Waals surface area contributed by atoms with Crippen LogP contribution in [-0.4, -0.2) is 10.5 Å². The van der Waals surface area contributed by atoms with E-state index in [0.717, 1.165) is 17.5 Å². The largest absolute Gasteiger partial charge is 0.405 e. The molecule has 2 rings (SSSR count). The van der Waals surface area contributed by atoms with Crippen molar-refractivity contribution >= 4 is 10.5 Å². The van der Waals surface area contributed by atoms with Gasteiger partial charge in [-0.3, -0.25) is 0 Å². The highest BCUT2D eigenvalue weighted by Gasteiger charge is 2.31. The van der Waals surface area contributed by atoms with E-state index in [2.05, 4.69) is 41.7 Å². The molecule has 0 atom stereocenters. The monoisotopic (exact) mass is 239 g/mol. The van der Waals surface area contributed by atoms with Gasteiger partial charge in [0.15, 0.2) is 0 Å². The fraction of sp³-hybridized carbons (Fsp3) is 0.200. The molecule has 0 saturated carbocycles. The molecule has 2 aromatic carbocycles. The van der Waals surface area contributed by atoms with Crippen molar-refractivity contribution in [1.82, 2.24) is 0 Å². The summed E-state index contributed by atoms with van der Waals surface area (Å²) in [4.78, 5) is 0. The van der Waals surface area contributed by atoms with Crippen molar-refractivity contribution in [3.63, 3.8) is 0 Å². The Morgan fingerprint density at radius 2 is 1.29 bits per heavy atom. The van der Waals surface area contributed by atoms with E-state index in [-0.39, 0.29) is 0 Å². The molecule has 3 radical (unpaired) electrons. The lowest BCUT2D eigenvalue weighted by Crippen LogP contribution is -2.29. The Labute approximate surface area is 106 Å². The molecule has 17 heavy (non-hydrogen) atoms. The first kappa shape index (κ1) is 12.1. The summed E-state index contributed by atoms with van der Waals surface area (Å²) >= 11 is 0. The zero-order valence-corrected chi connectivity index (χ0v) is 10.9. The van der Waals surface area contributed by atoms with Crippen molar-refractivity contribution in [2.75, 3.05) is 0 Å². The van der Waals surface area contributed by atoms with Crippen molar-refractivity contribution in [3.05, 3.63) is 71.8 Å². The van der Waals surface area contributed by atoms with Gasteiger partial charge in [0.05, 0.1) is 0 Å². The van der Waals surface area contributed by atoms with Crippen LogP contribution in [0, 0.1) is 0 Å². The summed E-state index contributed by atoms with van der Waals surface area (Å²) in [5.41, 5.74) is 1.90. The molecule has 1 nitrogen and oxygen atoms in total. The molecule has 0 aliphatic carbocycles. The van der Waals surface area contributed by atoms with Crippen LogP contribution in [-0.2, 0) is 10.0 Å². The summed E-state index contributed by atoms with van der Waals surface area (Å²) in [5.74, 6) is 0. The van der Waals surface area contributed by atoms with Gasteiger partial charge in [0.25, 0.3) is 0 Å². The Morgan fingerprint density at radius 1 is 0.882 bits per heavy atom. The van der Waals surface area contributed by atoms with E-state index in [0.29, 0.717) is 0 Å². The molecule has 0 saturated heterocycles. The first-order chi connectivity index (χ1) is 8.33. The molecular formula is C15H15OSi. The molecule has 0 amide bonds. The Hall–Kier alpha value is -1.38. The number of benzene rings is 2. The van der Waals surface area contributed by atoms with Gasteiger partial charge in [-0.1, -0.05) is 67.6 Å². The standard InChI is InChI=1S/C15H15OSi/c1-2-15(16-17,13-9-5-3-6-10-13)14-11-7-4-8-12-14/h3-12H,2H2,1H3. The van der Waals surface area contributed by atoms with Crippen molar-refractivity contribution in [1.29, 1.82) is 0 Å². The molecule has 0 aliphatic heterocycles. The number of hydrogen-bond donors (Lipinski definition) is 0. The van der Waals surface area contributed by atoms with E-state index in [1.807, 2.05) is 36.4 Å². The predicted octanol–water partition coefficient (Wildman–Crippen LogP) is 3.44. The fourth-order valence-electron chi connectivity index (χ4n) is 2.18. The summed E-state index contributed by atoms with van der Waals surface area (Å²) in [6.45, 7) is 2.13. The average molecular weight is 239 g/mol. The van der Waals surface area contributed by atoms with Crippen LogP contribution in [0.15, 0.2) is 60.7 Å². The van der Waals surface area contributed by atoms with Crippen LogP contribution >= 0.6 is 0 Å². The molecule has 0 N–H and O–H groups in total. The van der Waals surface area contributed by atoms with E-state index in [4.69, 9.17) is 4.43 Å². The van der Waals surface area contributed by atoms with Crippen molar-refractivity contribution in [3.8, 4) is 0 Å². The summed E-state index contributed by atoms with van der Waals surface area (Å²) in [6, 6.07) is 20.6. The van der Waals surface area contributed by atoms with Gasteiger partial charge in [0, 0.05) is 0 Å². The Kier molecular flexibility index (Phi) is 3.77. The Bertz CT molecular complexity index is 407. The van der Waals surface area contributed by atoms with Crippen LogP contribution in [0.5, 0.6) is 0 Å². The SMILES string of the molecule is CCC(O[Si])(c1ccccc1)c1ccccc1. The zero-order valence-electron chi connectivity index (χ0n) is 9.89. The molecule has 2 aromatic rings. The van der Waals surface area contributed by atoms with E-state index in [9.17, 15) is 0 Å². The average Bonchev–Trinajstić information content (AvgIpc) is 2.43. The third kappa shape index (κ3) is 2.19. The summed E-state index contributed by atoms with van der Waals surface area (Å²) in [7, 11) is 3.26. The first-order valence-electron chi connectivity index (χ1n) is 5.79. The maximum Gasteiger partial charge on any atom is 0.248 e. The molecule has 0 aromatic heterocycles. The minimum atomic E-state index is -0.417. The second kappa shape index (κ2) is 5.30. The molecule has 0 bridgehead atoms. The van der Waals surface area contributed by atoms with Crippen LogP contribution in [0.1, 0.15) is 24.5 Å². The lowest BCUT2D eigenvalue weighted by Gasteiger charge is -2.33. The molecule has 0 heterocycles. The Balaban J connectivity index is 2.54. The molecule has 0 unspecified atom stereocenters. The van der Waals surface area contributed by atoms with E-state index >= 15 is 0 Å².